The summed E-state index contributed by atoms with van der Waals surface area (Å²) in [7, 11) is -0.877. The molecular formula is C13H19NOS. The highest BCUT2D eigenvalue weighted by Gasteiger charge is 2.31. The Morgan fingerprint density at radius 1 is 1.31 bits per heavy atom. The molecule has 0 aliphatic heterocycles. The van der Waals surface area contributed by atoms with E-state index < -0.39 is 10.8 Å². The first-order valence-corrected chi connectivity index (χ1v) is 7.11. The minimum Gasteiger partial charge on any atom is -0.330 e. The topological polar surface area (TPSA) is 43.1 Å². The van der Waals surface area contributed by atoms with E-state index in [9.17, 15) is 4.21 Å². The maximum atomic E-state index is 12.4. The van der Waals surface area contributed by atoms with Crippen molar-refractivity contribution in [1.29, 1.82) is 0 Å². The summed E-state index contributed by atoms with van der Waals surface area (Å²) in [5, 5.41) is 0.271. The Hall–Kier alpha value is -0.670. The van der Waals surface area contributed by atoms with Gasteiger partial charge in [0.2, 0.25) is 0 Å². The Morgan fingerprint density at radius 3 is 2.62 bits per heavy atom. The van der Waals surface area contributed by atoms with Crippen LogP contribution in [0, 0.1) is 12.8 Å². The highest BCUT2D eigenvalue weighted by molar-refractivity contribution is 7.85. The van der Waals surface area contributed by atoms with Crippen molar-refractivity contribution in [3.8, 4) is 0 Å². The monoisotopic (exact) mass is 237 g/mol. The Bertz CT molecular complexity index is 374. The number of hydrogen-bond donors (Lipinski definition) is 1. The average Bonchev–Trinajstić information content (AvgIpc) is 2.77. The molecule has 3 atom stereocenters. The van der Waals surface area contributed by atoms with Gasteiger partial charge in [0.25, 0.3) is 0 Å². The lowest BCUT2D eigenvalue weighted by Crippen LogP contribution is -2.26. The molecule has 0 spiro atoms. The SMILES string of the molecule is Cc1ccc(S(=O)C2CCCC2CN)cc1. The van der Waals surface area contributed by atoms with E-state index in [1.54, 1.807) is 0 Å². The van der Waals surface area contributed by atoms with Gasteiger partial charge in [0, 0.05) is 10.1 Å². The summed E-state index contributed by atoms with van der Waals surface area (Å²) < 4.78 is 12.4. The van der Waals surface area contributed by atoms with Crippen LogP contribution in [0.3, 0.4) is 0 Å². The zero-order chi connectivity index (χ0) is 11.5. The van der Waals surface area contributed by atoms with Crippen LogP contribution in [0.1, 0.15) is 24.8 Å². The molecule has 1 saturated carbocycles. The lowest BCUT2D eigenvalue weighted by molar-refractivity contribution is 0.557. The highest BCUT2D eigenvalue weighted by atomic mass is 32.2. The smallest absolute Gasteiger partial charge is 0.0564 e. The molecule has 2 nitrogen and oxygen atoms in total. The van der Waals surface area contributed by atoms with E-state index >= 15 is 0 Å². The third-order valence-corrected chi connectivity index (χ3v) is 5.33. The summed E-state index contributed by atoms with van der Waals surface area (Å²) in [6, 6.07) is 8.02. The summed E-state index contributed by atoms with van der Waals surface area (Å²) in [5.74, 6) is 0.446. The van der Waals surface area contributed by atoms with Gasteiger partial charge in [-0.25, -0.2) is 0 Å². The van der Waals surface area contributed by atoms with Gasteiger partial charge in [-0.05, 0) is 44.4 Å². The van der Waals surface area contributed by atoms with Crippen LogP contribution in [-0.4, -0.2) is 16.0 Å². The number of rotatable bonds is 3. The van der Waals surface area contributed by atoms with Gasteiger partial charge in [-0.3, -0.25) is 4.21 Å². The third kappa shape index (κ3) is 2.36. The molecule has 0 aromatic heterocycles. The summed E-state index contributed by atoms with van der Waals surface area (Å²) in [6.45, 7) is 2.72. The highest BCUT2D eigenvalue weighted by Crippen LogP contribution is 2.31. The molecule has 0 bridgehead atoms. The van der Waals surface area contributed by atoms with E-state index in [1.807, 2.05) is 31.2 Å². The second-order valence-electron chi connectivity index (χ2n) is 4.58. The fraction of sp³-hybridized carbons (Fsp3) is 0.538. The van der Waals surface area contributed by atoms with Crippen LogP contribution in [0.25, 0.3) is 0 Å². The Morgan fingerprint density at radius 2 is 2.00 bits per heavy atom. The van der Waals surface area contributed by atoms with Crippen LogP contribution in [0.2, 0.25) is 0 Å². The first-order valence-electron chi connectivity index (χ1n) is 5.89. The number of nitrogens with two attached hydrogens (primary N) is 1. The van der Waals surface area contributed by atoms with Crippen LogP contribution in [-0.2, 0) is 10.8 Å². The minimum absolute atomic E-state index is 0.271. The van der Waals surface area contributed by atoms with Crippen LogP contribution < -0.4 is 5.73 Å². The van der Waals surface area contributed by atoms with Crippen molar-refractivity contribution in [2.75, 3.05) is 6.54 Å². The zero-order valence-electron chi connectivity index (χ0n) is 9.69. The summed E-state index contributed by atoms with van der Waals surface area (Å²) in [5.41, 5.74) is 6.94. The summed E-state index contributed by atoms with van der Waals surface area (Å²) >= 11 is 0. The molecular weight excluding hydrogens is 218 g/mol. The van der Waals surface area contributed by atoms with Gasteiger partial charge in [0.15, 0.2) is 0 Å². The van der Waals surface area contributed by atoms with E-state index in [2.05, 4.69) is 0 Å². The number of aryl methyl sites for hydroxylation is 1. The fourth-order valence-electron chi connectivity index (χ4n) is 2.40. The predicted octanol–water partition coefficient (Wildman–Crippen LogP) is 2.23. The first-order chi connectivity index (χ1) is 7.72. The van der Waals surface area contributed by atoms with Gasteiger partial charge < -0.3 is 5.73 Å². The molecule has 88 valence electrons. The Kier molecular flexibility index (Phi) is 3.77. The van der Waals surface area contributed by atoms with Crippen molar-refractivity contribution in [3.05, 3.63) is 29.8 Å². The van der Waals surface area contributed by atoms with Crippen LogP contribution >= 0.6 is 0 Å². The number of benzene rings is 1. The molecule has 1 aliphatic rings. The van der Waals surface area contributed by atoms with E-state index in [-0.39, 0.29) is 5.25 Å². The second kappa shape index (κ2) is 5.11. The fourth-order valence-corrected chi connectivity index (χ4v) is 4.13. The van der Waals surface area contributed by atoms with Crippen molar-refractivity contribution >= 4 is 10.8 Å². The van der Waals surface area contributed by atoms with Crippen LogP contribution in [0.4, 0.5) is 0 Å². The molecule has 1 aromatic rings. The summed E-state index contributed by atoms with van der Waals surface area (Å²) in [6.07, 6.45) is 3.37. The largest absolute Gasteiger partial charge is 0.330 e. The second-order valence-corrected chi connectivity index (χ2v) is 6.25. The van der Waals surface area contributed by atoms with E-state index in [0.29, 0.717) is 12.5 Å². The first kappa shape index (κ1) is 11.8. The maximum absolute atomic E-state index is 12.4. The molecule has 1 aliphatic carbocycles. The molecule has 3 heteroatoms. The molecule has 2 N–H and O–H groups in total. The van der Waals surface area contributed by atoms with Crippen molar-refractivity contribution < 1.29 is 4.21 Å². The van der Waals surface area contributed by atoms with Crippen molar-refractivity contribution in [2.45, 2.75) is 36.3 Å². The van der Waals surface area contributed by atoms with Gasteiger partial charge in [0.1, 0.15) is 0 Å². The van der Waals surface area contributed by atoms with Gasteiger partial charge in [0.05, 0.1) is 10.8 Å². The van der Waals surface area contributed by atoms with Crippen molar-refractivity contribution in [3.63, 3.8) is 0 Å². The molecule has 0 amide bonds. The van der Waals surface area contributed by atoms with Crippen molar-refractivity contribution in [2.24, 2.45) is 11.7 Å². The van der Waals surface area contributed by atoms with E-state index in [1.165, 1.54) is 12.0 Å². The van der Waals surface area contributed by atoms with Crippen LogP contribution in [0.15, 0.2) is 29.2 Å². The molecule has 1 aromatic carbocycles. The minimum atomic E-state index is -0.877. The van der Waals surface area contributed by atoms with E-state index in [0.717, 1.165) is 17.7 Å². The van der Waals surface area contributed by atoms with Gasteiger partial charge in [-0.1, -0.05) is 24.1 Å². The zero-order valence-corrected chi connectivity index (χ0v) is 10.5. The Labute approximate surface area is 99.7 Å². The van der Waals surface area contributed by atoms with Gasteiger partial charge >= 0.3 is 0 Å². The third-order valence-electron chi connectivity index (χ3n) is 3.42. The summed E-state index contributed by atoms with van der Waals surface area (Å²) in [4.78, 5) is 0.955. The molecule has 0 radical (unpaired) electrons. The molecule has 3 unspecified atom stereocenters. The molecule has 16 heavy (non-hydrogen) atoms. The maximum Gasteiger partial charge on any atom is 0.0564 e. The standard InChI is InChI=1S/C13H19NOS/c1-10-5-7-12(8-6-10)16(15)13-4-2-3-11(13)9-14/h5-8,11,13H,2-4,9,14H2,1H3. The van der Waals surface area contributed by atoms with E-state index in [4.69, 9.17) is 5.73 Å². The normalized spacial score (nSPS) is 26.9. The van der Waals surface area contributed by atoms with Gasteiger partial charge in [-0.15, -0.1) is 0 Å². The lowest BCUT2D eigenvalue weighted by Gasteiger charge is -2.17. The molecule has 1 fully saturated rings. The Balaban J connectivity index is 2.15. The van der Waals surface area contributed by atoms with Crippen molar-refractivity contribution in [1.82, 2.24) is 0 Å². The molecule has 2 rings (SSSR count). The molecule has 0 saturated heterocycles. The van der Waals surface area contributed by atoms with Gasteiger partial charge in [-0.2, -0.15) is 0 Å². The van der Waals surface area contributed by atoms with Crippen LogP contribution in [0.5, 0.6) is 0 Å². The average molecular weight is 237 g/mol. The predicted molar refractivity (Wildman–Crippen MR) is 67.8 cm³/mol. The lowest BCUT2D eigenvalue weighted by atomic mass is 10.1. The molecule has 0 heterocycles. The number of hydrogen-bond acceptors (Lipinski definition) is 2. The quantitative estimate of drug-likeness (QED) is 0.876.